The summed E-state index contributed by atoms with van der Waals surface area (Å²) in [6, 6.07) is -0.266. The lowest BCUT2D eigenvalue weighted by atomic mass is 10.2. The molecule has 0 aliphatic heterocycles. The molecule has 4 heteroatoms. The van der Waals surface area contributed by atoms with Gasteiger partial charge < -0.3 is 5.32 Å². The van der Waals surface area contributed by atoms with E-state index in [0.717, 1.165) is 6.42 Å². The van der Waals surface area contributed by atoms with Gasteiger partial charge in [0.05, 0.1) is 6.61 Å². The molecule has 0 bridgehead atoms. The molecule has 0 heterocycles. The number of urea groups is 1. The summed E-state index contributed by atoms with van der Waals surface area (Å²) in [5.74, 6) is 0.427. The van der Waals surface area contributed by atoms with Crippen LogP contribution in [0.3, 0.4) is 0 Å². The van der Waals surface area contributed by atoms with Crippen LogP contribution in [0.25, 0.3) is 0 Å². The third-order valence-electron chi connectivity index (χ3n) is 1.12. The van der Waals surface area contributed by atoms with Crippen molar-refractivity contribution in [1.29, 1.82) is 0 Å². The van der Waals surface area contributed by atoms with Crippen molar-refractivity contribution < 1.29 is 9.63 Å². The quantitative estimate of drug-likeness (QED) is 0.617. The Labute approximate surface area is 73.6 Å². The zero-order valence-electron chi connectivity index (χ0n) is 8.02. The van der Waals surface area contributed by atoms with Crippen molar-refractivity contribution in [3.63, 3.8) is 0 Å². The summed E-state index contributed by atoms with van der Waals surface area (Å²) < 4.78 is 0. The normalized spacial score (nSPS) is 10.0. The number of rotatable bonds is 5. The van der Waals surface area contributed by atoms with Gasteiger partial charge in [-0.05, 0) is 12.3 Å². The Bertz CT molecular complexity index is 126. The van der Waals surface area contributed by atoms with E-state index in [2.05, 4.69) is 10.8 Å². The zero-order valence-corrected chi connectivity index (χ0v) is 8.02. The van der Waals surface area contributed by atoms with Gasteiger partial charge in [-0.3, -0.25) is 4.84 Å². The van der Waals surface area contributed by atoms with Crippen LogP contribution in [0.4, 0.5) is 4.79 Å². The van der Waals surface area contributed by atoms with E-state index < -0.39 is 0 Å². The highest BCUT2D eigenvalue weighted by atomic mass is 16.7. The van der Waals surface area contributed by atoms with E-state index in [-0.39, 0.29) is 6.03 Å². The molecule has 2 N–H and O–H groups in total. The Morgan fingerprint density at radius 3 is 2.67 bits per heavy atom. The molecule has 0 radical (unpaired) electrons. The van der Waals surface area contributed by atoms with Crippen LogP contribution in [0.5, 0.6) is 0 Å². The zero-order chi connectivity index (χ0) is 9.40. The van der Waals surface area contributed by atoms with E-state index in [0.29, 0.717) is 19.1 Å². The molecular formula is C8H18N2O2. The van der Waals surface area contributed by atoms with Gasteiger partial charge in [-0.2, -0.15) is 0 Å². The predicted octanol–water partition coefficient (Wildman–Crippen LogP) is 1.28. The Kier molecular flexibility index (Phi) is 6.47. The molecule has 4 nitrogen and oxygen atoms in total. The number of hydroxylamine groups is 1. The van der Waals surface area contributed by atoms with E-state index in [1.807, 2.05) is 20.8 Å². The van der Waals surface area contributed by atoms with Crippen molar-refractivity contribution in [2.24, 2.45) is 5.92 Å². The van der Waals surface area contributed by atoms with Crippen LogP contribution in [-0.2, 0) is 4.84 Å². The molecule has 12 heavy (non-hydrogen) atoms. The molecule has 0 aliphatic carbocycles. The van der Waals surface area contributed by atoms with Gasteiger partial charge in [-0.15, -0.1) is 0 Å². The summed E-state index contributed by atoms with van der Waals surface area (Å²) in [5, 5.41) is 2.63. The fourth-order valence-electron chi connectivity index (χ4n) is 0.548. The summed E-state index contributed by atoms with van der Waals surface area (Å²) in [7, 11) is 0. The standard InChI is InChI=1S/C8H18N2O2/c1-4-5-9-8(11)10-12-6-7(2)3/h7H,4-6H2,1-3H3,(H2,9,10,11). The first kappa shape index (κ1) is 11.2. The van der Waals surface area contributed by atoms with Crippen molar-refractivity contribution in [2.75, 3.05) is 13.2 Å². The minimum Gasteiger partial charge on any atom is -0.336 e. The van der Waals surface area contributed by atoms with Gasteiger partial charge in [-0.1, -0.05) is 20.8 Å². The molecule has 0 fully saturated rings. The summed E-state index contributed by atoms with van der Waals surface area (Å²) in [5.41, 5.74) is 2.30. The molecule has 72 valence electrons. The number of amides is 2. The molecule has 0 saturated heterocycles. The average Bonchev–Trinajstić information content (AvgIpc) is 2.00. The second-order valence-corrected chi connectivity index (χ2v) is 3.06. The van der Waals surface area contributed by atoms with Crippen molar-refractivity contribution in [1.82, 2.24) is 10.8 Å². The number of hydrogen-bond acceptors (Lipinski definition) is 2. The summed E-state index contributed by atoms with van der Waals surface area (Å²) >= 11 is 0. The molecule has 0 aromatic heterocycles. The number of carbonyl (C=O) groups is 1. The maximum Gasteiger partial charge on any atom is 0.338 e. The molecule has 0 saturated carbocycles. The number of carbonyl (C=O) groups excluding carboxylic acids is 1. The molecule has 2 amide bonds. The van der Waals surface area contributed by atoms with Gasteiger partial charge >= 0.3 is 6.03 Å². The second kappa shape index (κ2) is 6.91. The molecule has 0 rings (SSSR count). The van der Waals surface area contributed by atoms with E-state index >= 15 is 0 Å². The molecular weight excluding hydrogens is 156 g/mol. The highest BCUT2D eigenvalue weighted by Crippen LogP contribution is 1.89. The van der Waals surface area contributed by atoms with Crippen molar-refractivity contribution in [3.8, 4) is 0 Å². The smallest absolute Gasteiger partial charge is 0.336 e. The fourth-order valence-corrected chi connectivity index (χ4v) is 0.548. The Hall–Kier alpha value is -0.770. The first-order chi connectivity index (χ1) is 5.66. The lowest BCUT2D eigenvalue weighted by Gasteiger charge is -2.08. The summed E-state index contributed by atoms with van der Waals surface area (Å²) in [6.07, 6.45) is 0.928. The highest BCUT2D eigenvalue weighted by molar-refractivity contribution is 5.72. The van der Waals surface area contributed by atoms with E-state index in [4.69, 9.17) is 4.84 Å². The van der Waals surface area contributed by atoms with E-state index in [1.54, 1.807) is 0 Å². The van der Waals surface area contributed by atoms with Crippen LogP contribution < -0.4 is 10.8 Å². The minimum absolute atomic E-state index is 0.266. The predicted molar refractivity (Wildman–Crippen MR) is 47.6 cm³/mol. The summed E-state index contributed by atoms with van der Waals surface area (Å²) in [4.78, 5) is 15.7. The maximum absolute atomic E-state index is 10.8. The lowest BCUT2D eigenvalue weighted by Crippen LogP contribution is -2.36. The van der Waals surface area contributed by atoms with Crippen LogP contribution in [0.1, 0.15) is 27.2 Å². The Balaban J connectivity index is 3.20. The number of nitrogens with one attached hydrogen (secondary N) is 2. The molecule has 0 aromatic rings. The van der Waals surface area contributed by atoms with Crippen molar-refractivity contribution in [2.45, 2.75) is 27.2 Å². The van der Waals surface area contributed by atoms with Gasteiger partial charge in [0.25, 0.3) is 0 Å². The van der Waals surface area contributed by atoms with Gasteiger partial charge in [0, 0.05) is 6.54 Å². The molecule has 0 atom stereocenters. The SMILES string of the molecule is CCCNC(=O)NOCC(C)C. The second-order valence-electron chi connectivity index (χ2n) is 3.06. The van der Waals surface area contributed by atoms with Crippen LogP contribution >= 0.6 is 0 Å². The van der Waals surface area contributed by atoms with Crippen molar-refractivity contribution >= 4 is 6.03 Å². The summed E-state index contributed by atoms with van der Waals surface area (Å²) in [6.45, 7) is 7.25. The molecule has 0 aliphatic rings. The topological polar surface area (TPSA) is 50.4 Å². The molecule has 0 unspecified atom stereocenters. The largest absolute Gasteiger partial charge is 0.338 e. The molecule has 0 spiro atoms. The van der Waals surface area contributed by atoms with Crippen LogP contribution in [-0.4, -0.2) is 19.2 Å². The highest BCUT2D eigenvalue weighted by Gasteiger charge is 1.98. The average molecular weight is 174 g/mol. The fraction of sp³-hybridized carbons (Fsp3) is 0.875. The van der Waals surface area contributed by atoms with Gasteiger partial charge in [0.2, 0.25) is 0 Å². The van der Waals surface area contributed by atoms with E-state index in [9.17, 15) is 4.79 Å². The Morgan fingerprint density at radius 1 is 1.50 bits per heavy atom. The van der Waals surface area contributed by atoms with Gasteiger partial charge in [-0.25, -0.2) is 10.3 Å². The first-order valence-corrected chi connectivity index (χ1v) is 4.32. The third kappa shape index (κ3) is 7.34. The van der Waals surface area contributed by atoms with Crippen LogP contribution in [0.2, 0.25) is 0 Å². The third-order valence-corrected chi connectivity index (χ3v) is 1.12. The molecule has 0 aromatic carbocycles. The van der Waals surface area contributed by atoms with Gasteiger partial charge in [0.1, 0.15) is 0 Å². The van der Waals surface area contributed by atoms with E-state index in [1.165, 1.54) is 0 Å². The monoisotopic (exact) mass is 174 g/mol. The van der Waals surface area contributed by atoms with Crippen LogP contribution in [0.15, 0.2) is 0 Å². The minimum atomic E-state index is -0.266. The van der Waals surface area contributed by atoms with Gasteiger partial charge in [0.15, 0.2) is 0 Å². The maximum atomic E-state index is 10.8. The Morgan fingerprint density at radius 2 is 2.17 bits per heavy atom. The lowest BCUT2D eigenvalue weighted by molar-refractivity contribution is 0.0441. The first-order valence-electron chi connectivity index (χ1n) is 4.32. The number of hydrogen-bond donors (Lipinski definition) is 2. The van der Waals surface area contributed by atoms with Crippen molar-refractivity contribution in [3.05, 3.63) is 0 Å². The van der Waals surface area contributed by atoms with Crippen LogP contribution in [0, 0.1) is 5.92 Å².